The SMILES string of the molecule is CCOc1ccc2c(c1)N([Si](C)(C)C(C)(C)C)C(=O)/C2=N\OC. The highest BCUT2D eigenvalue weighted by Gasteiger charge is 2.50. The van der Waals surface area contributed by atoms with Crippen LogP contribution in [0, 0.1) is 0 Å². The molecule has 2 rings (SSSR count). The van der Waals surface area contributed by atoms with E-state index in [4.69, 9.17) is 9.57 Å². The second-order valence-corrected chi connectivity index (χ2v) is 12.2. The fourth-order valence-corrected chi connectivity index (χ4v) is 4.63. The predicted octanol–water partition coefficient (Wildman–Crippen LogP) is 3.79. The Morgan fingerprint density at radius 1 is 1.26 bits per heavy atom. The lowest BCUT2D eigenvalue weighted by atomic mass is 10.1. The van der Waals surface area contributed by atoms with Crippen LogP contribution in [0.25, 0.3) is 0 Å². The van der Waals surface area contributed by atoms with E-state index in [-0.39, 0.29) is 10.9 Å². The van der Waals surface area contributed by atoms with Gasteiger partial charge in [-0.05, 0) is 24.1 Å². The number of oxime groups is 1. The minimum Gasteiger partial charge on any atom is -0.494 e. The van der Waals surface area contributed by atoms with Gasteiger partial charge in [0.15, 0.2) is 13.9 Å². The quantitative estimate of drug-likeness (QED) is 0.622. The Morgan fingerprint density at radius 3 is 2.43 bits per heavy atom. The van der Waals surface area contributed by atoms with Crippen molar-refractivity contribution in [3.8, 4) is 5.75 Å². The molecule has 0 fully saturated rings. The second-order valence-electron chi connectivity index (χ2n) is 7.18. The smallest absolute Gasteiger partial charge is 0.273 e. The molecule has 0 spiro atoms. The highest BCUT2D eigenvalue weighted by Crippen LogP contribution is 2.45. The van der Waals surface area contributed by atoms with Gasteiger partial charge in [0.1, 0.15) is 12.9 Å². The number of hydrogen-bond acceptors (Lipinski definition) is 4. The summed E-state index contributed by atoms with van der Waals surface area (Å²) in [6.45, 7) is 13.5. The summed E-state index contributed by atoms with van der Waals surface area (Å²) >= 11 is 0. The summed E-state index contributed by atoms with van der Waals surface area (Å²) in [7, 11) is -0.649. The van der Waals surface area contributed by atoms with E-state index in [1.54, 1.807) is 0 Å². The van der Waals surface area contributed by atoms with Crippen molar-refractivity contribution in [1.29, 1.82) is 0 Å². The van der Waals surface area contributed by atoms with E-state index in [0.717, 1.165) is 17.0 Å². The highest BCUT2D eigenvalue weighted by molar-refractivity contribution is 6.90. The fraction of sp³-hybridized carbons (Fsp3) is 0.529. The third-order valence-corrected chi connectivity index (χ3v) is 9.99. The number of benzene rings is 1. The summed E-state index contributed by atoms with van der Waals surface area (Å²) in [4.78, 5) is 17.9. The van der Waals surface area contributed by atoms with Crippen LogP contribution in [-0.4, -0.2) is 33.6 Å². The molecule has 1 aromatic rings. The molecule has 0 unspecified atom stereocenters. The first-order valence-electron chi connectivity index (χ1n) is 7.88. The third kappa shape index (κ3) is 2.87. The van der Waals surface area contributed by atoms with Crippen LogP contribution in [0.2, 0.25) is 18.1 Å². The van der Waals surface area contributed by atoms with Crippen LogP contribution in [0.5, 0.6) is 5.75 Å². The molecular weight excluding hydrogens is 308 g/mol. The van der Waals surface area contributed by atoms with Crippen LogP contribution in [0.1, 0.15) is 33.3 Å². The van der Waals surface area contributed by atoms with Gasteiger partial charge >= 0.3 is 0 Å². The number of hydrogen-bond donors (Lipinski definition) is 0. The molecule has 5 nitrogen and oxygen atoms in total. The molecule has 0 saturated carbocycles. The topological polar surface area (TPSA) is 51.1 Å². The van der Waals surface area contributed by atoms with Crippen molar-refractivity contribution in [2.45, 2.75) is 45.8 Å². The van der Waals surface area contributed by atoms with Gasteiger partial charge < -0.3 is 14.1 Å². The maximum Gasteiger partial charge on any atom is 0.273 e. The van der Waals surface area contributed by atoms with Crippen molar-refractivity contribution < 1.29 is 14.4 Å². The van der Waals surface area contributed by atoms with Gasteiger partial charge in [-0.1, -0.05) is 39.0 Å². The van der Waals surface area contributed by atoms with Gasteiger partial charge in [-0.25, -0.2) is 0 Å². The zero-order chi connectivity index (χ0) is 17.4. The molecule has 23 heavy (non-hydrogen) atoms. The number of ether oxygens (including phenoxy) is 1. The molecule has 1 amide bonds. The Morgan fingerprint density at radius 2 is 1.91 bits per heavy atom. The first-order chi connectivity index (χ1) is 10.6. The van der Waals surface area contributed by atoms with Gasteiger partial charge in [-0.3, -0.25) is 4.79 Å². The number of fused-ring (bicyclic) bond motifs is 1. The van der Waals surface area contributed by atoms with Crippen molar-refractivity contribution in [1.82, 2.24) is 0 Å². The fourth-order valence-electron chi connectivity index (χ4n) is 2.55. The van der Waals surface area contributed by atoms with E-state index in [1.165, 1.54) is 7.11 Å². The summed E-state index contributed by atoms with van der Waals surface area (Å²) < 4.78 is 7.56. The lowest BCUT2D eigenvalue weighted by Gasteiger charge is -2.43. The lowest BCUT2D eigenvalue weighted by Crippen LogP contribution is -2.57. The zero-order valence-electron chi connectivity index (χ0n) is 15.1. The number of carbonyl (C=O) groups is 1. The van der Waals surface area contributed by atoms with Crippen molar-refractivity contribution in [2.24, 2.45) is 5.16 Å². The number of carbonyl (C=O) groups excluding carboxylic acids is 1. The average molecular weight is 334 g/mol. The normalized spacial score (nSPS) is 16.7. The summed E-state index contributed by atoms with van der Waals surface area (Å²) in [5, 5.41) is 3.99. The average Bonchev–Trinajstić information content (AvgIpc) is 2.71. The number of amides is 1. The van der Waals surface area contributed by atoms with E-state index >= 15 is 0 Å². The molecule has 1 aromatic carbocycles. The van der Waals surface area contributed by atoms with Gasteiger partial charge in [0.2, 0.25) is 0 Å². The molecule has 0 atom stereocenters. The molecule has 6 heteroatoms. The molecule has 1 aliphatic rings. The molecule has 0 aromatic heterocycles. The van der Waals surface area contributed by atoms with E-state index in [1.807, 2.05) is 29.7 Å². The minimum absolute atomic E-state index is 0.0179. The van der Waals surface area contributed by atoms with Crippen LogP contribution >= 0.6 is 0 Å². The lowest BCUT2D eigenvalue weighted by molar-refractivity contribution is -0.111. The molecular formula is C17H26N2O3Si. The van der Waals surface area contributed by atoms with Gasteiger partial charge in [-0.2, -0.15) is 0 Å². The number of rotatable bonds is 4. The van der Waals surface area contributed by atoms with Crippen molar-refractivity contribution >= 4 is 25.5 Å². The Balaban J connectivity index is 2.65. The maximum absolute atomic E-state index is 13.0. The Kier molecular flexibility index (Phi) is 4.57. The Hall–Kier alpha value is -1.82. The summed E-state index contributed by atoms with van der Waals surface area (Å²) in [6, 6.07) is 5.70. The van der Waals surface area contributed by atoms with Gasteiger partial charge in [0, 0.05) is 17.3 Å². The van der Waals surface area contributed by atoms with Crippen LogP contribution in [0.15, 0.2) is 23.4 Å². The monoisotopic (exact) mass is 334 g/mol. The highest BCUT2D eigenvalue weighted by atomic mass is 28.3. The standard InChI is InChI=1S/C17H26N2O3Si/c1-8-22-12-9-10-13-14(11-12)19(16(20)15(13)18-21-5)23(6,7)17(2,3)4/h9-11H,8H2,1-7H3/b18-15-. The third-order valence-electron chi connectivity index (χ3n) is 4.76. The van der Waals surface area contributed by atoms with E-state index in [9.17, 15) is 4.79 Å². The molecule has 0 aliphatic carbocycles. The van der Waals surface area contributed by atoms with Gasteiger partial charge in [-0.15, -0.1) is 0 Å². The van der Waals surface area contributed by atoms with Crippen LogP contribution in [0.4, 0.5) is 5.69 Å². The molecule has 0 radical (unpaired) electrons. The molecule has 1 aliphatic heterocycles. The molecule has 0 saturated heterocycles. The Labute approximate surface area is 139 Å². The minimum atomic E-state index is -2.11. The molecule has 0 N–H and O–H groups in total. The van der Waals surface area contributed by atoms with E-state index in [0.29, 0.717) is 12.3 Å². The van der Waals surface area contributed by atoms with Crippen LogP contribution < -0.4 is 9.30 Å². The van der Waals surface area contributed by atoms with Gasteiger partial charge in [0.05, 0.1) is 6.61 Å². The van der Waals surface area contributed by atoms with Gasteiger partial charge in [0.25, 0.3) is 5.91 Å². The first-order valence-corrected chi connectivity index (χ1v) is 10.8. The summed E-state index contributed by atoms with van der Waals surface area (Å²) in [5.74, 6) is 0.684. The van der Waals surface area contributed by atoms with Crippen LogP contribution in [-0.2, 0) is 9.63 Å². The van der Waals surface area contributed by atoms with Crippen LogP contribution in [0.3, 0.4) is 0 Å². The maximum atomic E-state index is 13.0. The van der Waals surface area contributed by atoms with E-state index < -0.39 is 8.24 Å². The molecule has 126 valence electrons. The zero-order valence-corrected chi connectivity index (χ0v) is 16.1. The summed E-state index contributed by atoms with van der Waals surface area (Å²) in [5.41, 5.74) is 2.06. The molecule has 1 heterocycles. The second kappa shape index (κ2) is 6.00. The number of anilines is 1. The first kappa shape index (κ1) is 17.5. The number of nitrogens with zero attached hydrogens (tertiary/aromatic N) is 2. The van der Waals surface area contributed by atoms with Crippen molar-refractivity contribution in [3.05, 3.63) is 23.8 Å². The van der Waals surface area contributed by atoms with Crippen molar-refractivity contribution in [2.75, 3.05) is 18.3 Å². The van der Waals surface area contributed by atoms with Crippen molar-refractivity contribution in [3.63, 3.8) is 0 Å². The predicted molar refractivity (Wildman–Crippen MR) is 95.8 cm³/mol. The Bertz CT molecular complexity index is 648. The summed E-state index contributed by atoms with van der Waals surface area (Å²) in [6.07, 6.45) is 0. The largest absolute Gasteiger partial charge is 0.494 e. The van der Waals surface area contributed by atoms with E-state index in [2.05, 4.69) is 39.0 Å². The molecule has 0 bridgehead atoms.